The summed E-state index contributed by atoms with van der Waals surface area (Å²) in [5, 5.41) is 4.16. The van der Waals surface area contributed by atoms with Crippen LogP contribution >= 0.6 is 23.2 Å². The number of aromatic nitrogens is 2. The Morgan fingerprint density at radius 2 is 1.96 bits per heavy atom. The predicted octanol–water partition coefficient (Wildman–Crippen LogP) is 3.15. The van der Waals surface area contributed by atoms with Crippen molar-refractivity contribution in [2.24, 2.45) is 0 Å². The molecule has 1 fully saturated rings. The number of sulfone groups is 1. The summed E-state index contributed by atoms with van der Waals surface area (Å²) in [7, 11) is -1.15. The Labute approximate surface area is 150 Å². The minimum Gasteiger partial charge on any atom is -0.340 e. The normalized spacial score (nSPS) is 19.2. The minimum absolute atomic E-state index is 0.106. The van der Waals surface area contributed by atoms with Gasteiger partial charge in [-0.1, -0.05) is 23.2 Å². The van der Waals surface area contributed by atoms with E-state index in [1.54, 1.807) is 42.4 Å². The second-order valence-electron chi connectivity index (χ2n) is 5.69. The van der Waals surface area contributed by atoms with Crippen LogP contribution in [-0.2, 0) is 9.84 Å². The van der Waals surface area contributed by atoms with Crippen LogP contribution in [0.15, 0.2) is 30.5 Å². The maximum atomic E-state index is 11.6. The van der Waals surface area contributed by atoms with E-state index < -0.39 is 9.84 Å². The second kappa shape index (κ2) is 6.74. The van der Waals surface area contributed by atoms with E-state index in [-0.39, 0.29) is 17.5 Å². The van der Waals surface area contributed by atoms with Crippen LogP contribution in [0.5, 0.6) is 0 Å². The molecule has 1 aromatic carbocycles. The van der Waals surface area contributed by atoms with Crippen molar-refractivity contribution < 1.29 is 8.42 Å². The van der Waals surface area contributed by atoms with Gasteiger partial charge in [-0.05, 0) is 30.7 Å². The number of benzene rings is 1. The van der Waals surface area contributed by atoms with Gasteiger partial charge < -0.3 is 10.2 Å². The third kappa shape index (κ3) is 4.09. The molecule has 1 N–H and O–H groups in total. The van der Waals surface area contributed by atoms with Crippen LogP contribution in [0, 0.1) is 0 Å². The lowest BCUT2D eigenvalue weighted by atomic mass is 10.2. The summed E-state index contributed by atoms with van der Waals surface area (Å²) in [6.07, 6.45) is 2.21. The molecule has 1 aliphatic rings. The first-order chi connectivity index (χ1) is 11.3. The summed E-state index contributed by atoms with van der Waals surface area (Å²) in [6, 6.07) is 6.74. The van der Waals surface area contributed by atoms with Crippen molar-refractivity contribution in [2.45, 2.75) is 12.5 Å². The van der Waals surface area contributed by atoms with Crippen LogP contribution < -0.4 is 10.2 Å². The molecule has 1 unspecified atom stereocenters. The van der Waals surface area contributed by atoms with Crippen molar-refractivity contribution in [1.82, 2.24) is 9.97 Å². The van der Waals surface area contributed by atoms with Crippen LogP contribution in [0.3, 0.4) is 0 Å². The van der Waals surface area contributed by atoms with E-state index in [0.29, 0.717) is 33.9 Å². The molecule has 1 saturated heterocycles. The number of nitrogens with one attached hydrogen (secondary N) is 1. The van der Waals surface area contributed by atoms with Gasteiger partial charge in [0, 0.05) is 35.0 Å². The van der Waals surface area contributed by atoms with E-state index >= 15 is 0 Å². The van der Waals surface area contributed by atoms with E-state index in [1.165, 1.54) is 0 Å². The monoisotopic (exact) mass is 386 g/mol. The fourth-order valence-electron chi connectivity index (χ4n) is 2.61. The topological polar surface area (TPSA) is 75.2 Å². The zero-order chi connectivity index (χ0) is 17.3. The van der Waals surface area contributed by atoms with Crippen molar-refractivity contribution in [1.29, 1.82) is 0 Å². The molecule has 1 aliphatic heterocycles. The zero-order valence-corrected chi connectivity index (χ0v) is 15.2. The Hall–Kier alpha value is -1.57. The highest BCUT2D eigenvalue weighted by Crippen LogP contribution is 2.26. The molecule has 0 bridgehead atoms. The van der Waals surface area contributed by atoms with Gasteiger partial charge in [0.15, 0.2) is 9.84 Å². The van der Waals surface area contributed by atoms with Crippen LogP contribution in [0.25, 0.3) is 0 Å². The van der Waals surface area contributed by atoms with Gasteiger partial charge in [0.05, 0.1) is 11.5 Å². The van der Waals surface area contributed by atoms with Crippen LogP contribution in [0.1, 0.15) is 6.42 Å². The largest absolute Gasteiger partial charge is 0.340 e. The second-order valence-corrected chi connectivity index (χ2v) is 8.79. The third-order valence-corrected chi connectivity index (χ3v) is 6.04. The zero-order valence-electron chi connectivity index (χ0n) is 12.9. The van der Waals surface area contributed by atoms with Crippen LogP contribution in [-0.4, -0.2) is 43.0 Å². The molecule has 9 heteroatoms. The van der Waals surface area contributed by atoms with Gasteiger partial charge in [-0.25, -0.2) is 13.4 Å². The highest BCUT2D eigenvalue weighted by molar-refractivity contribution is 7.91. The summed E-state index contributed by atoms with van der Waals surface area (Å²) in [5.74, 6) is 1.39. The third-order valence-electron chi connectivity index (χ3n) is 3.85. The van der Waals surface area contributed by atoms with E-state index in [9.17, 15) is 8.42 Å². The Morgan fingerprint density at radius 1 is 1.25 bits per heavy atom. The van der Waals surface area contributed by atoms with Crippen molar-refractivity contribution in [2.75, 3.05) is 28.8 Å². The van der Waals surface area contributed by atoms with Gasteiger partial charge in [-0.15, -0.1) is 0 Å². The SMILES string of the molecule is CN(c1nccc(Nc2cc(Cl)cc(Cl)c2)n1)C1CCS(=O)(=O)C1. The standard InChI is InChI=1S/C15H16Cl2N4O2S/c1-21(13-3-5-24(22,23)9-13)15-18-4-2-14(20-15)19-12-7-10(16)6-11(17)8-12/h2,4,6-8,13H,3,5,9H2,1H3,(H,18,19,20). The molecule has 1 aromatic heterocycles. The number of hydrogen-bond donors (Lipinski definition) is 1. The first-order valence-electron chi connectivity index (χ1n) is 7.32. The van der Waals surface area contributed by atoms with Crippen molar-refractivity contribution in [3.8, 4) is 0 Å². The number of hydrogen-bond acceptors (Lipinski definition) is 6. The molecule has 6 nitrogen and oxygen atoms in total. The van der Waals surface area contributed by atoms with Crippen LogP contribution in [0.2, 0.25) is 10.0 Å². The quantitative estimate of drug-likeness (QED) is 0.869. The Kier molecular flexibility index (Phi) is 4.85. The lowest BCUT2D eigenvalue weighted by Gasteiger charge is -2.23. The summed E-state index contributed by atoms with van der Waals surface area (Å²) in [4.78, 5) is 10.5. The molecule has 0 spiro atoms. The lowest BCUT2D eigenvalue weighted by molar-refractivity contribution is 0.600. The molecule has 0 aliphatic carbocycles. The molecular weight excluding hydrogens is 371 g/mol. The number of halogens is 2. The minimum atomic E-state index is -2.96. The smallest absolute Gasteiger partial charge is 0.227 e. The number of nitrogens with zero attached hydrogens (tertiary/aromatic N) is 3. The first-order valence-corrected chi connectivity index (χ1v) is 9.89. The van der Waals surface area contributed by atoms with Crippen molar-refractivity contribution in [3.05, 3.63) is 40.5 Å². The van der Waals surface area contributed by atoms with E-state index in [1.807, 2.05) is 0 Å². The molecule has 0 amide bonds. The molecule has 2 heterocycles. The average molecular weight is 387 g/mol. The summed E-state index contributed by atoms with van der Waals surface area (Å²) in [6.45, 7) is 0. The molecule has 2 aromatic rings. The summed E-state index contributed by atoms with van der Waals surface area (Å²) < 4.78 is 23.3. The average Bonchev–Trinajstić information content (AvgIpc) is 2.86. The molecule has 0 radical (unpaired) electrons. The Morgan fingerprint density at radius 3 is 2.58 bits per heavy atom. The van der Waals surface area contributed by atoms with Gasteiger partial charge in [-0.3, -0.25) is 0 Å². The lowest BCUT2D eigenvalue weighted by Crippen LogP contribution is -2.33. The molecule has 24 heavy (non-hydrogen) atoms. The highest BCUT2D eigenvalue weighted by atomic mass is 35.5. The Balaban J connectivity index is 1.79. The maximum Gasteiger partial charge on any atom is 0.227 e. The summed E-state index contributed by atoms with van der Waals surface area (Å²) in [5.41, 5.74) is 0.711. The summed E-state index contributed by atoms with van der Waals surface area (Å²) >= 11 is 12.0. The van der Waals surface area contributed by atoms with Crippen molar-refractivity contribution in [3.63, 3.8) is 0 Å². The van der Waals surface area contributed by atoms with Gasteiger partial charge >= 0.3 is 0 Å². The van der Waals surface area contributed by atoms with Gasteiger partial charge in [0.2, 0.25) is 5.95 Å². The van der Waals surface area contributed by atoms with E-state index in [4.69, 9.17) is 23.2 Å². The van der Waals surface area contributed by atoms with Gasteiger partial charge in [0.1, 0.15) is 5.82 Å². The predicted molar refractivity (Wildman–Crippen MR) is 97.2 cm³/mol. The van der Waals surface area contributed by atoms with Gasteiger partial charge in [0.25, 0.3) is 0 Å². The highest BCUT2D eigenvalue weighted by Gasteiger charge is 2.31. The van der Waals surface area contributed by atoms with Crippen LogP contribution in [0.4, 0.5) is 17.5 Å². The maximum absolute atomic E-state index is 11.6. The fourth-order valence-corrected chi connectivity index (χ4v) is 4.91. The molecule has 0 saturated carbocycles. The first kappa shape index (κ1) is 17.3. The molecule has 3 rings (SSSR count). The fraction of sp³-hybridized carbons (Fsp3) is 0.333. The number of anilines is 3. The number of rotatable bonds is 4. The molecule has 1 atom stereocenters. The van der Waals surface area contributed by atoms with Crippen molar-refractivity contribution >= 4 is 50.5 Å². The molecule has 128 valence electrons. The Bertz CT molecular complexity index is 840. The van der Waals surface area contributed by atoms with E-state index in [2.05, 4.69) is 15.3 Å². The molecular formula is C15H16Cl2N4O2S. The van der Waals surface area contributed by atoms with E-state index in [0.717, 1.165) is 0 Å². The van der Waals surface area contributed by atoms with Gasteiger partial charge in [-0.2, -0.15) is 4.98 Å².